The largest absolute Gasteiger partial charge is 0.325 e. The number of hydrogen-bond acceptors (Lipinski definition) is 3. The summed E-state index contributed by atoms with van der Waals surface area (Å²) < 4.78 is 0. The summed E-state index contributed by atoms with van der Waals surface area (Å²) >= 11 is 0. The van der Waals surface area contributed by atoms with Crippen LogP contribution < -0.4 is 5.73 Å². The maximum atomic E-state index is 5.74. The van der Waals surface area contributed by atoms with Crippen molar-refractivity contribution in [2.45, 2.75) is 58.3 Å². The molecule has 0 aliphatic carbocycles. The Kier molecular flexibility index (Phi) is 4.13. The Morgan fingerprint density at radius 1 is 1.35 bits per heavy atom. The summed E-state index contributed by atoms with van der Waals surface area (Å²) in [5.41, 5.74) is 8.07. The minimum absolute atomic E-state index is 0.534. The van der Waals surface area contributed by atoms with E-state index in [9.17, 15) is 0 Å². The lowest BCUT2D eigenvalue weighted by atomic mass is 9.96. The maximum absolute atomic E-state index is 5.74. The fourth-order valence-corrected chi connectivity index (χ4v) is 2.78. The molecule has 2 N–H and O–H groups in total. The highest BCUT2D eigenvalue weighted by Gasteiger charge is 2.25. The summed E-state index contributed by atoms with van der Waals surface area (Å²) in [7, 11) is 0. The summed E-state index contributed by atoms with van der Waals surface area (Å²) in [4.78, 5) is 6.94. The maximum Gasteiger partial charge on any atom is 0.0584 e. The molecule has 2 atom stereocenters. The molecule has 0 saturated carbocycles. The van der Waals surface area contributed by atoms with Crippen LogP contribution in [0.4, 0.5) is 0 Å². The Hall–Kier alpha value is -0.930. The fraction of sp³-hybridized carbons (Fsp3) is 0.643. The molecule has 2 rings (SSSR count). The van der Waals surface area contributed by atoms with Gasteiger partial charge in [0, 0.05) is 31.4 Å². The Bertz CT molecular complexity index is 354. The SMILES string of the molecule is C[C@@H]1CCC[C@H](C)N1Cc1cccnc1CN. The van der Waals surface area contributed by atoms with Gasteiger partial charge >= 0.3 is 0 Å². The molecule has 3 nitrogen and oxygen atoms in total. The van der Waals surface area contributed by atoms with Crippen molar-refractivity contribution >= 4 is 0 Å². The van der Waals surface area contributed by atoms with E-state index in [1.165, 1.54) is 24.8 Å². The molecule has 1 fully saturated rings. The van der Waals surface area contributed by atoms with Crippen LogP contribution in [0.3, 0.4) is 0 Å². The molecule has 0 bridgehead atoms. The molecule has 1 aromatic heterocycles. The van der Waals surface area contributed by atoms with Crippen LogP contribution in [-0.2, 0) is 13.1 Å². The first-order valence-electron chi connectivity index (χ1n) is 6.61. The lowest BCUT2D eigenvalue weighted by Gasteiger charge is -2.39. The van der Waals surface area contributed by atoms with Crippen LogP contribution in [0, 0.1) is 0 Å². The highest BCUT2D eigenvalue weighted by molar-refractivity contribution is 5.19. The van der Waals surface area contributed by atoms with Crippen molar-refractivity contribution in [3.63, 3.8) is 0 Å². The number of hydrogen-bond donors (Lipinski definition) is 1. The number of aromatic nitrogens is 1. The van der Waals surface area contributed by atoms with Gasteiger partial charge < -0.3 is 5.73 Å². The Morgan fingerprint density at radius 2 is 2.06 bits per heavy atom. The van der Waals surface area contributed by atoms with Crippen LogP contribution >= 0.6 is 0 Å². The number of piperidine rings is 1. The number of nitrogens with zero attached hydrogens (tertiary/aromatic N) is 2. The van der Waals surface area contributed by atoms with Gasteiger partial charge in [-0.2, -0.15) is 0 Å². The van der Waals surface area contributed by atoms with Crippen molar-refractivity contribution in [2.24, 2.45) is 5.73 Å². The number of likely N-dealkylation sites (tertiary alicyclic amines) is 1. The molecule has 1 aliphatic heterocycles. The summed E-state index contributed by atoms with van der Waals surface area (Å²) in [6.07, 6.45) is 5.80. The molecule has 0 unspecified atom stereocenters. The van der Waals surface area contributed by atoms with Gasteiger partial charge in [-0.1, -0.05) is 12.5 Å². The highest BCUT2D eigenvalue weighted by Crippen LogP contribution is 2.24. The molecule has 0 aromatic carbocycles. The first kappa shape index (κ1) is 12.5. The third-order valence-electron chi connectivity index (χ3n) is 3.91. The van der Waals surface area contributed by atoms with E-state index in [-0.39, 0.29) is 0 Å². The summed E-state index contributed by atoms with van der Waals surface area (Å²) in [5, 5.41) is 0. The molecule has 2 heterocycles. The molecule has 1 aromatic rings. The van der Waals surface area contributed by atoms with Crippen molar-refractivity contribution in [3.8, 4) is 0 Å². The molecule has 1 aliphatic rings. The van der Waals surface area contributed by atoms with Crippen molar-refractivity contribution in [2.75, 3.05) is 0 Å². The topological polar surface area (TPSA) is 42.2 Å². The molecule has 0 amide bonds. The quantitative estimate of drug-likeness (QED) is 0.871. The van der Waals surface area contributed by atoms with Gasteiger partial charge in [-0.25, -0.2) is 0 Å². The second-order valence-corrected chi connectivity index (χ2v) is 5.11. The zero-order valence-electron chi connectivity index (χ0n) is 10.9. The van der Waals surface area contributed by atoms with Gasteiger partial charge in [-0.05, 0) is 38.3 Å². The average Bonchev–Trinajstić information content (AvgIpc) is 2.34. The number of rotatable bonds is 3. The van der Waals surface area contributed by atoms with E-state index in [0.717, 1.165) is 12.2 Å². The number of pyridine rings is 1. The molecular formula is C14H23N3. The van der Waals surface area contributed by atoms with Gasteiger partial charge in [-0.3, -0.25) is 9.88 Å². The van der Waals surface area contributed by atoms with E-state index in [1.807, 2.05) is 12.3 Å². The first-order valence-corrected chi connectivity index (χ1v) is 6.61. The predicted octanol–water partition coefficient (Wildman–Crippen LogP) is 2.30. The minimum Gasteiger partial charge on any atom is -0.325 e. The van der Waals surface area contributed by atoms with Crippen LogP contribution in [0.2, 0.25) is 0 Å². The molecule has 17 heavy (non-hydrogen) atoms. The zero-order valence-corrected chi connectivity index (χ0v) is 10.9. The standard InChI is InChI=1S/C14H23N3/c1-11-5-3-6-12(2)17(11)10-13-7-4-8-16-14(13)9-15/h4,7-8,11-12H,3,5-6,9-10,15H2,1-2H3/t11-,12+. The van der Waals surface area contributed by atoms with Crippen LogP contribution in [0.5, 0.6) is 0 Å². The monoisotopic (exact) mass is 233 g/mol. The van der Waals surface area contributed by atoms with Gasteiger partial charge in [0.2, 0.25) is 0 Å². The van der Waals surface area contributed by atoms with Crippen molar-refractivity contribution in [3.05, 3.63) is 29.6 Å². The van der Waals surface area contributed by atoms with E-state index < -0.39 is 0 Å². The van der Waals surface area contributed by atoms with Crippen molar-refractivity contribution in [1.29, 1.82) is 0 Å². The molecule has 0 spiro atoms. The van der Waals surface area contributed by atoms with Crippen molar-refractivity contribution in [1.82, 2.24) is 9.88 Å². The van der Waals surface area contributed by atoms with Crippen LogP contribution in [-0.4, -0.2) is 22.0 Å². The van der Waals surface area contributed by atoms with Gasteiger partial charge in [0.15, 0.2) is 0 Å². The fourth-order valence-electron chi connectivity index (χ4n) is 2.78. The average molecular weight is 233 g/mol. The normalized spacial score (nSPS) is 26.1. The highest BCUT2D eigenvalue weighted by atomic mass is 15.2. The Labute approximate surface area is 104 Å². The molecule has 94 valence electrons. The zero-order chi connectivity index (χ0) is 12.3. The van der Waals surface area contributed by atoms with Crippen LogP contribution in [0.25, 0.3) is 0 Å². The summed E-state index contributed by atoms with van der Waals surface area (Å²) in [5.74, 6) is 0. The third-order valence-corrected chi connectivity index (χ3v) is 3.91. The smallest absolute Gasteiger partial charge is 0.0584 e. The number of nitrogens with two attached hydrogens (primary N) is 1. The van der Waals surface area contributed by atoms with Gasteiger partial charge in [0.05, 0.1) is 5.69 Å². The second-order valence-electron chi connectivity index (χ2n) is 5.11. The van der Waals surface area contributed by atoms with Crippen molar-refractivity contribution < 1.29 is 0 Å². The van der Waals surface area contributed by atoms with Gasteiger partial charge in [0.1, 0.15) is 0 Å². The molecule has 3 heteroatoms. The van der Waals surface area contributed by atoms with E-state index >= 15 is 0 Å². The van der Waals surface area contributed by atoms with Gasteiger partial charge in [-0.15, -0.1) is 0 Å². The van der Waals surface area contributed by atoms with E-state index in [1.54, 1.807) is 0 Å². The van der Waals surface area contributed by atoms with Crippen LogP contribution in [0.15, 0.2) is 18.3 Å². The van der Waals surface area contributed by atoms with E-state index in [4.69, 9.17) is 5.73 Å². The summed E-state index contributed by atoms with van der Waals surface area (Å²) in [6.45, 7) is 6.18. The third kappa shape index (κ3) is 2.85. The van der Waals surface area contributed by atoms with Crippen LogP contribution in [0.1, 0.15) is 44.4 Å². The Balaban J connectivity index is 2.13. The molecular weight excluding hydrogens is 210 g/mol. The predicted molar refractivity (Wildman–Crippen MR) is 70.4 cm³/mol. The summed E-state index contributed by atoms with van der Waals surface area (Å²) in [6, 6.07) is 5.51. The minimum atomic E-state index is 0.534. The van der Waals surface area contributed by atoms with E-state index in [0.29, 0.717) is 18.6 Å². The van der Waals surface area contributed by atoms with Gasteiger partial charge in [0.25, 0.3) is 0 Å². The second kappa shape index (κ2) is 5.61. The lowest BCUT2D eigenvalue weighted by Crippen LogP contribution is -2.43. The lowest BCUT2D eigenvalue weighted by molar-refractivity contribution is 0.0948. The van der Waals surface area contributed by atoms with E-state index in [2.05, 4.69) is 29.8 Å². The molecule has 1 saturated heterocycles. The first-order chi connectivity index (χ1) is 8.22. The molecule has 0 radical (unpaired) electrons. The Morgan fingerprint density at radius 3 is 2.71 bits per heavy atom.